The number of nitrogens with zero attached hydrogens (tertiary/aromatic N) is 3. The molecule has 7 heteroatoms. The number of aryl methyl sites for hydroxylation is 1. The number of rotatable bonds is 6. The molecule has 2 heterocycles. The molecule has 1 aliphatic carbocycles. The molecule has 0 radical (unpaired) electrons. The monoisotopic (exact) mass is 442 g/mol. The van der Waals surface area contributed by atoms with Crippen LogP contribution in [0.15, 0.2) is 18.2 Å². The molecule has 0 spiro atoms. The first kappa shape index (κ1) is 22.2. The van der Waals surface area contributed by atoms with Gasteiger partial charge in [-0.1, -0.05) is 25.0 Å². The van der Waals surface area contributed by atoms with Gasteiger partial charge in [0, 0.05) is 49.2 Å². The molecule has 2 aromatic rings. The number of carbonyl (C=O) groups excluding carboxylic acids is 1. The summed E-state index contributed by atoms with van der Waals surface area (Å²) in [7, 11) is 0. The van der Waals surface area contributed by atoms with Gasteiger partial charge in [-0.15, -0.1) is 11.3 Å². The first-order chi connectivity index (χ1) is 14.9. The molecule has 2 fully saturated rings. The molecule has 0 bridgehead atoms. The summed E-state index contributed by atoms with van der Waals surface area (Å²) in [6.45, 7) is 10.3. The van der Waals surface area contributed by atoms with Gasteiger partial charge < -0.3 is 15.3 Å². The molecule has 1 aliphatic heterocycles. The van der Waals surface area contributed by atoms with Crippen molar-refractivity contribution in [2.24, 2.45) is 5.92 Å². The van der Waals surface area contributed by atoms with Gasteiger partial charge in [-0.25, -0.2) is 4.98 Å². The fourth-order valence-corrected chi connectivity index (χ4v) is 5.67. The number of carbonyl (C=O) groups is 1. The van der Waals surface area contributed by atoms with Crippen LogP contribution in [-0.2, 0) is 11.3 Å². The van der Waals surface area contributed by atoms with Crippen LogP contribution in [0.5, 0.6) is 0 Å². The first-order valence-electron chi connectivity index (χ1n) is 11.4. The zero-order chi connectivity index (χ0) is 22.0. The predicted molar refractivity (Wildman–Crippen MR) is 126 cm³/mol. The summed E-state index contributed by atoms with van der Waals surface area (Å²) in [6.07, 6.45) is 4.02. The SMILES string of the molecule is Cc1sc(Nc2cccc(CN3CCN(C(=O)C4CCCC4)CC3)c2C)nc1C(C)O. The van der Waals surface area contributed by atoms with E-state index in [0.29, 0.717) is 5.91 Å². The van der Waals surface area contributed by atoms with Gasteiger partial charge in [0.25, 0.3) is 0 Å². The molecule has 1 aromatic carbocycles. The van der Waals surface area contributed by atoms with Crippen LogP contribution in [0.2, 0.25) is 0 Å². The lowest BCUT2D eigenvalue weighted by Gasteiger charge is -2.36. The molecule has 6 nitrogen and oxygen atoms in total. The van der Waals surface area contributed by atoms with Gasteiger partial charge >= 0.3 is 0 Å². The molecule has 1 saturated heterocycles. The Morgan fingerprint density at radius 2 is 1.94 bits per heavy atom. The molecular formula is C24H34N4O2S. The van der Waals surface area contributed by atoms with E-state index in [1.54, 1.807) is 18.3 Å². The van der Waals surface area contributed by atoms with E-state index in [9.17, 15) is 9.90 Å². The summed E-state index contributed by atoms with van der Waals surface area (Å²) >= 11 is 1.57. The molecule has 2 aliphatic rings. The number of aliphatic hydroxyl groups is 1. The van der Waals surface area contributed by atoms with E-state index in [0.717, 1.165) is 67.0 Å². The van der Waals surface area contributed by atoms with E-state index < -0.39 is 6.10 Å². The molecule has 168 valence electrons. The number of hydrogen-bond donors (Lipinski definition) is 2. The molecule has 1 saturated carbocycles. The van der Waals surface area contributed by atoms with Crippen LogP contribution in [0, 0.1) is 19.8 Å². The minimum absolute atomic E-state index is 0.278. The van der Waals surface area contributed by atoms with Crippen LogP contribution < -0.4 is 5.32 Å². The van der Waals surface area contributed by atoms with Crippen LogP contribution >= 0.6 is 11.3 Å². The van der Waals surface area contributed by atoms with Crippen molar-refractivity contribution in [3.05, 3.63) is 39.9 Å². The molecule has 1 unspecified atom stereocenters. The second kappa shape index (κ2) is 9.67. The number of thiazole rings is 1. The minimum Gasteiger partial charge on any atom is -0.387 e. The van der Waals surface area contributed by atoms with E-state index >= 15 is 0 Å². The Balaban J connectivity index is 1.36. The van der Waals surface area contributed by atoms with E-state index in [2.05, 4.69) is 45.2 Å². The Bertz CT molecular complexity index is 912. The number of benzene rings is 1. The molecule has 1 aromatic heterocycles. The zero-order valence-corrected chi connectivity index (χ0v) is 19.7. The Hall–Kier alpha value is -1.96. The number of nitrogens with one attached hydrogen (secondary N) is 1. The fraction of sp³-hybridized carbons (Fsp3) is 0.583. The van der Waals surface area contributed by atoms with E-state index in [1.165, 1.54) is 24.0 Å². The highest BCUT2D eigenvalue weighted by atomic mass is 32.1. The molecule has 2 N–H and O–H groups in total. The Kier molecular flexibility index (Phi) is 6.94. The number of hydrogen-bond acceptors (Lipinski definition) is 6. The van der Waals surface area contributed by atoms with Gasteiger partial charge in [-0.05, 0) is 50.8 Å². The maximum absolute atomic E-state index is 12.7. The number of aromatic nitrogens is 1. The van der Waals surface area contributed by atoms with Crippen molar-refractivity contribution in [3.63, 3.8) is 0 Å². The molecule has 1 atom stereocenters. The van der Waals surface area contributed by atoms with Crippen molar-refractivity contribution in [1.82, 2.24) is 14.8 Å². The Labute approximate surface area is 189 Å². The third kappa shape index (κ3) is 5.10. The summed E-state index contributed by atoms with van der Waals surface area (Å²) in [5.41, 5.74) is 4.31. The average molecular weight is 443 g/mol. The summed E-state index contributed by atoms with van der Waals surface area (Å²) < 4.78 is 0. The van der Waals surface area contributed by atoms with Gasteiger partial charge in [0.1, 0.15) is 0 Å². The lowest BCUT2D eigenvalue weighted by molar-refractivity contribution is -0.137. The van der Waals surface area contributed by atoms with E-state index in [1.807, 2.05) is 6.92 Å². The highest BCUT2D eigenvalue weighted by Gasteiger charge is 2.29. The molecule has 4 rings (SSSR count). The van der Waals surface area contributed by atoms with Crippen molar-refractivity contribution in [3.8, 4) is 0 Å². The normalized spacial score (nSPS) is 19.0. The molecule has 1 amide bonds. The largest absolute Gasteiger partial charge is 0.387 e. The van der Waals surface area contributed by atoms with Crippen molar-refractivity contribution >= 4 is 28.1 Å². The molecule has 31 heavy (non-hydrogen) atoms. The van der Waals surface area contributed by atoms with E-state index in [-0.39, 0.29) is 5.92 Å². The lowest BCUT2D eigenvalue weighted by atomic mass is 10.0. The van der Waals surface area contributed by atoms with Crippen LogP contribution in [0.1, 0.15) is 60.4 Å². The third-order valence-corrected chi connectivity index (χ3v) is 7.60. The van der Waals surface area contributed by atoms with E-state index in [4.69, 9.17) is 0 Å². The number of anilines is 2. The van der Waals surface area contributed by atoms with Crippen LogP contribution in [0.4, 0.5) is 10.8 Å². The second-order valence-corrected chi connectivity index (χ2v) is 10.1. The van der Waals surface area contributed by atoms with Gasteiger partial charge in [-0.3, -0.25) is 9.69 Å². The van der Waals surface area contributed by atoms with Gasteiger partial charge in [-0.2, -0.15) is 0 Å². The molecular weight excluding hydrogens is 408 g/mol. The quantitative estimate of drug-likeness (QED) is 0.694. The highest BCUT2D eigenvalue weighted by Crippen LogP contribution is 2.31. The number of piperazine rings is 1. The Morgan fingerprint density at radius 1 is 1.23 bits per heavy atom. The first-order valence-corrected chi connectivity index (χ1v) is 12.3. The van der Waals surface area contributed by atoms with Crippen molar-refractivity contribution in [2.45, 2.75) is 59.1 Å². The summed E-state index contributed by atoms with van der Waals surface area (Å²) in [5, 5.41) is 14.1. The number of aliphatic hydroxyl groups excluding tert-OH is 1. The number of amides is 1. The minimum atomic E-state index is -0.557. The van der Waals surface area contributed by atoms with Crippen LogP contribution in [0.3, 0.4) is 0 Å². The average Bonchev–Trinajstić information content (AvgIpc) is 3.41. The van der Waals surface area contributed by atoms with Crippen LogP contribution in [-0.4, -0.2) is 52.0 Å². The van der Waals surface area contributed by atoms with Gasteiger partial charge in [0.2, 0.25) is 5.91 Å². The fourth-order valence-electron chi connectivity index (χ4n) is 4.75. The zero-order valence-electron chi connectivity index (χ0n) is 18.9. The summed E-state index contributed by atoms with van der Waals surface area (Å²) in [4.78, 5) is 22.8. The maximum Gasteiger partial charge on any atom is 0.225 e. The summed E-state index contributed by atoms with van der Waals surface area (Å²) in [6, 6.07) is 6.35. The van der Waals surface area contributed by atoms with Crippen molar-refractivity contribution in [1.29, 1.82) is 0 Å². The Morgan fingerprint density at radius 3 is 2.58 bits per heavy atom. The predicted octanol–water partition coefficient (Wildman–Crippen LogP) is 4.39. The topological polar surface area (TPSA) is 68.7 Å². The lowest BCUT2D eigenvalue weighted by Crippen LogP contribution is -2.49. The van der Waals surface area contributed by atoms with Gasteiger partial charge in [0.15, 0.2) is 5.13 Å². The smallest absolute Gasteiger partial charge is 0.225 e. The van der Waals surface area contributed by atoms with Crippen molar-refractivity contribution < 1.29 is 9.90 Å². The standard InChI is InChI=1S/C24H34N4O2S/c1-16-20(9-6-10-21(16)25-24-26-22(17(2)29)18(3)31-24)15-27-11-13-28(14-12-27)23(30)19-7-4-5-8-19/h6,9-10,17,19,29H,4-5,7-8,11-15H2,1-3H3,(H,25,26). The second-order valence-electron chi connectivity index (χ2n) is 8.93. The van der Waals surface area contributed by atoms with Gasteiger partial charge in [0.05, 0.1) is 11.8 Å². The highest BCUT2D eigenvalue weighted by molar-refractivity contribution is 7.15. The maximum atomic E-state index is 12.7. The van der Waals surface area contributed by atoms with Crippen molar-refractivity contribution in [2.75, 3.05) is 31.5 Å². The summed E-state index contributed by atoms with van der Waals surface area (Å²) in [5.74, 6) is 0.662. The third-order valence-electron chi connectivity index (χ3n) is 6.70. The van der Waals surface area contributed by atoms with Crippen LogP contribution in [0.25, 0.3) is 0 Å².